The molecule has 0 spiro atoms. The minimum absolute atomic E-state index is 0.0932. The Morgan fingerprint density at radius 3 is 2.36 bits per heavy atom. The molecule has 1 fully saturated rings. The first-order chi connectivity index (χ1) is 11.9. The van der Waals surface area contributed by atoms with Gasteiger partial charge in [-0.05, 0) is 51.2 Å². The van der Waals surface area contributed by atoms with Crippen molar-refractivity contribution < 1.29 is 9.59 Å². The first kappa shape index (κ1) is 19.3. The van der Waals surface area contributed by atoms with E-state index in [9.17, 15) is 9.59 Å². The second-order valence-corrected chi connectivity index (χ2v) is 6.99. The third kappa shape index (κ3) is 4.97. The van der Waals surface area contributed by atoms with Gasteiger partial charge in [0.25, 0.3) is 0 Å². The Kier molecular flexibility index (Phi) is 6.85. The fourth-order valence-electron chi connectivity index (χ4n) is 3.27. The average molecular weight is 345 g/mol. The van der Waals surface area contributed by atoms with Crippen LogP contribution in [-0.4, -0.2) is 47.4 Å². The maximum absolute atomic E-state index is 12.8. The van der Waals surface area contributed by atoms with E-state index in [2.05, 4.69) is 12.2 Å². The molecule has 25 heavy (non-hydrogen) atoms. The molecule has 1 aromatic carbocycles. The highest BCUT2D eigenvalue weighted by molar-refractivity contribution is 5.91. The van der Waals surface area contributed by atoms with Gasteiger partial charge in [0.2, 0.25) is 5.91 Å². The van der Waals surface area contributed by atoms with Crippen LogP contribution in [0.4, 0.5) is 10.5 Å². The molecule has 1 heterocycles. The van der Waals surface area contributed by atoms with Crippen molar-refractivity contribution in [1.29, 1.82) is 0 Å². The van der Waals surface area contributed by atoms with Gasteiger partial charge in [-0.1, -0.05) is 25.1 Å². The van der Waals surface area contributed by atoms with Crippen molar-refractivity contribution in [1.82, 2.24) is 9.80 Å². The average Bonchev–Trinajstić information content (AvgIpc) is 3.12. The zero-order valence-corrected chi connectivity index (χ0v) is 16.0. The monoisotopic (exact) mass is 345 g/mol. The molecule has 0 bridgehead atoms. The Morgan fingerprint density at radius 1 is 1.20 bits per heavy atom. The standard InChI is InChI=1S/C20H31N3O2/c1-5-17(4)23(14-11-18(24)22-12-6-7-13-22)20(25)21-19-15(2)9-8-10-16(19)3/h8-10,17H,5-7,11-14H2,1-4H3,(H,21,25). The number of carbonyl (C=O) groups excluding carboxylic acids is 2. The number of likely N-dealkylation sites (tertiary alicyclic amines) is 1. The molecule has 1 unspecified atom stereocenters. The van der Waals surface area contributed by atoms with Gasteiger partial charge in [-0.15, -0.1) is 0 Å². The minimum atomic E-state index is -0.124. The lowest BCUT2D eigenvalue weighted by molar-refractivity contribution is -0.130. The predicted octanol–water partition coefficient (Wildman–Crippen LogP) is 3.95. The van der Waals surface area contributed by atoms with Crippen LogP contribution in [0, 0.1) is 13.8 Å². The molecule has 5 nitrogen and oxygen atoms in total. The predicted molar refractivity (Wildman–Crippen MR) is 102 cm³/mol. The van der Waals surface area contributed by atoms with E-state index in [1.54, 1.807) is 4.90 Å². The van der Waals surface area contributed by atoms with Crippen LogP contribution < -0.4 is 5.32 Å². The van der Waals surface area contributed by atoms with Crippen molar-refractivity contribution in [2.24, 2.45) is 0 Å². The molecular formula is C20H31N3O2. The minimum Gasteiger partial charge on any atom is -0.343 e. The number of anilines is 1. The number of urea groups is 1. The third-order valence-electron chi connectivity index (χ3n) is 5.12. The molecule has 1 aliphatic heterocycles. The Bertz CT molecular complexity index is 589. The van der Waals surface area contributed by atoms with E-state index in [4.69, 9.17) is 0 Å². The van der Waals surface area contributed by atoms with Crippen LogP contribution in [0.15, 0.2) is 18.2 Å². The Labute approximate surface area is 151 Å². The lowest BCUT2D eigenvalue weighted by atomic mass is 10.1. The SMILES string of the molecule is CCC(C)N(CCC(=O)N1CCCC1)C(=O)Nc1c(C)cccc1C. The highest BCUT2D eigenvalue weighted by atomic mass is 16.2. The summed E-state index contributed by atoms with van der Waals surface area (Å²) in [6.07, 6.45) is 3.43. The molecule has 5 heteroatoms. The van der Waals surface area contributed by atoms with Crippen molar-refractivity contribution in [3.63, 3.8) is 0 Å². The zero-order chi connectivity index (χ0) is 18.4. The summed E-state index contributed by atoms with van der Waals surface area (Å²) in [5.41, 5.74) is 2.96. The summed E-state index contributed by atoms with van der Waals surface area (Å²) in [7, 11) is 0. The number of amides is 3. The number of nitrogens with zero attached hydrogens (tertiary/aromatic N) is 2. The molecule has 0 aromatic heterocycles. The maximum atomic E-state index is 12.8. The summed E-state index contributed by atoms with van der Waals surface area (Å²) in [6, 6.07) is 5.94. The van der Waals surface area contributed by atoms with Gasteiger partial charge in [-0.25, -0.2) is 4.79 Å². The van der Waals surface area contributed by atoms with Crippen LogP contribution in [0.3, 0.4) is 0 Å². The smallest absolute Gasteiger partial charge is 0.322 e. The van der Waals surface area contributed by atoms with E-state index in [1.165, 1.54) is 0 Å². The van der Waals surface area contributed by atoms with E-state index in [1.807, 2.05) is 43.9 Å². The van der Waals surface area contributed by atoms with Gasteiger partial charge in [0.15, 0.2) is 0 Å². The van der Waals surface area contributed by atoms with Crippen LogP contribution in [0.5, 0.6) is 0 Å². The quantitative estimate of drug-likeness (QED) is 0.849. The number of aryl methyl sites for hydroxylation is 2. The summed E-state index contributed by atoms with van der Waals surface area (Å²) >= 11 is 0. The van der Waals surface area contributed by atoms with Gasteiger partial charge in [0.05, 0.1) is 0 Å². The van der Waals surface area contributed by atoms with Crippen molar-refractivity contribution in [2.45, 2.75) is 59.4 Å². The molecule has 1 saturated heterocycles. The fraction of sp³-hybridized carbons (Fsp3) is 0.600. The second-order valence-electron chi connectivity index (χ2n) is 6.99. The van der Waals surface area contributed by atoms with Gasteiger partial charge in [-0.3, -0.25) is 4.79 Å². The largest absolute Gasteiger partial charge is 0.343 e. The van der Waals surface area contributed by atoms with Crippen LogP contribution in [-0.2, 0) is 4.79 Å². The molecule has 0 saturated carbocycles. The number of rotatable bonds is 6. The topological polar surface area (TPSA) is 52.7 Å². The van der Waals surface area contributed by atoms with Crippen molar-refractivity contribution in [3.05, 3.63) is 29.3 Å². The van der Waals surface area contributed by atoms with Gasteiger partial charge in [0.1, 0.15) is 0 Å². The molecule has 1 N–H and O–H groups in total. The molecule has 138 valence electrons. The summed E-state index contributed by atoms with van der Waals surface area (Å²) in [6.45, 7) is 10.3. The van der Waals surface area contributed by atoms with Gasteiger partial charge in [0, 0.05) is 37.8 Å². The van der Waals surface area contributed by atoms with Crippen LogP contribution in [0.2, 0.25) is 0 Å². The van der Waals surface area contributed by atoms with Crippen LogP contribution in [0.1, 0.15) is 50.7 Å². The van der Waals surface area contributed by atoms with E-state index in [0.717, 1.165) is 49.2 Å². The van der Waals surface area contributed by atoms with E-state index < -0.39 is 0 Å². The lowest BCUT2D eigenvalue weighted by Gasteiger charge is -2.30. The third-order valence-corrected chi connectivity index (χ3v) is 5.12. The van der Waals surface area contributed by atoms with Crippen LogP contribution >= 0.6 is 0 Å². The van der Waals surface area contributed by atoms with E-state index in [-0.39, 0.29) is 18.0 Å². The maximum Gasteiger partial charge on any atom is 0.322 e. The molecule has 3 amide bonds. The van der Waals surface area contributed by atoms with Crippen molar-refractivity contribution >= 4 is 17.6 Å². The first-order valence-electron chi connectivity index (χ1n) is 9.35. The molecular weight excluding hydrogens is 314 g/mol. The molecule has 1 aliphatic rings. The Morgan fingerprint density at radius 2 is 1.80 bits per heavy atom. The number of para-hydroxylation sites is 1. The summed E-state index contributed by atoms with van der Waals surface area (Å²) in [5.74, 6) is 0.158. The molecule has 0 radical (unpaired) electrons. The van der Waals surface area contributed by atoms with Crippen molar-refractivity contribution in [3.8, 4) is 0 Å². The fourth-order valence-corrected chi connectivity index (χ4v) is 3.27. The summed E-state index contributed by atoms with van der Waals surface area (Å²) in [5, 5.41) is 3.05. The number of nitrogens with one attached hydrogen (secondary N) is 1. The van der Waals surface area contributed by atoms with Crippen LogP contribution in [0.25, 0.3) is 0 Å². The molecule has 1 atom stereocenters. The molecule has 0 aliphatic carbocycles. The Balaban J connectivity index is 2.03. The summed E-state index contributed by atoms with van der Waals surface area (Å²) in [4.78, 5) is 28.9. The van der Waals surface area contributed by atoms with Crippen molar-refractivity contribution in [2.75, 3.05) is 25.0 Å². The lowest BCUT2D eigenvalue weighted by Crippen LogP contribution is -2.43. The number of carbonyl (C=O) groups is 2. The van der Waals surface area contributed by atoms with Gasteiger partial charge in [-0.2, -0.15) is 0 Å². The van der Waals surface area contributed by atoms with E-state index >= 15 is 0 Å². The second kappa shape index (κ2) is 8.88. The zero-order valence-electron chi connectivity index (χ0n) is 16.0. The molecule has 1 aromatic rings. The highest BCUT2D eigenvalue weighted by Crippen LogP contribution is 2.21. The first-order valence-corrected chi connectivity index (χ1v) is 9.35. The normalized spacial score (nSPS) is 15.1. The molecule has 2 rings (SSSR count). The summed E-state index contributed by atoms with van der Waals surface area (Å²) < 4.78 is 0. The Hall–Kier alpha value is -2.04. The highest BCUT2D eigenvalue weighted by Gasteiger charge is 2.23. The number of benzene rings is 1. The van der Waals surface area contributed by atoms with E-state index in [0.29, 0.717) is 13.0 Å². The number of hydrogen-bond donors (Lipinski definition) is 1. The van der Waals surface area contributed by atoms with Gasteiger partial charge >= 0.3 is 6.03 Å². The van der Waals surface area contributed by atoms with Gasteiger partial charge < -0.3 is 15.1 Å². The number of hydrogen-bond acceptors (Lipinski definition) is 2.